The minimum Gasteiger partial charge on any atom is -0.497 e. The summed E-state index contributed by atoms with van der Waals surface area (Å²) in [5, 5.41) is 0.0812. The van der Waals surface area contributed by atoms with Crippen molar-refractivity contribution in [2.24, 2.45) is 5.73 Å². The van der Waals surface area contributed by atoms with Crippen molar-refractivity contribution in [3.63, 3.8) is 0 Å². The van der Waals surface area contributed by atoms with Crippen LogP contribution in [0.5, 0.6) is 5.75 Å². The summed E-state index contributed by atoms with van der Waals surface area (Å²) in [6, 6.07) is 7.80. The first-order chi connectivity index (χ1) is 10.5. The van der Waals surface area contributed by atoms with E-state index in [9.17, 15) is 4.79 Å². The molecule has 0 aromatic heterocycles. The highest BCUT2D eigenvalue weighted by atomic mass is 28.4. The summed E-state index contributed by atoms with van der Waals surface area (Å²) < 4.78 is 16.5. The second-order valence-electron chi connectivity index (χ2n) is 7.18. The molecule has 1 aromatic rings. The molecule has 0 saturated heterocycles. The highest BCUT2D eigenvalue weighted by molar-refractivity contribution is 6.74. The summed E-state index contributed by atoms with van der Waals surface area (Å²) in [7, 11) is -0.330. The Morgan fingerprint density at radius 1 is 1.22 bits per heavy atom. The van der Waals surface area contributed by atoms with Crippen molar-refractivity contribution in [1.82, 2.24) is 0 Å². The Bertz CT molecular complexity index is 508. The molecule has 1 aromatic carbocycles. The lowest BCUT2D eigenvalue weighted by atomic mass is 10.1. The Labute approximate surface area is 140 Å². The third-order valence-corrected chi connectivity index (χ3v) is 8.84. The van der Waals surface area contributed by atoms with Crippen molar-refractivity contribution in [3.8, 4) is 5.75 Å². The van der Waals surface area contributed by atoms with Crippen molar-refractivity contribution in [2.75, 3.05) is 13.7 Å². The normalized spacial score (nSPS) is 13.5. The van der Waals surface area contributed by atoms with Gasteiger partial charge in [-0.3, -0.25) is 0 Å². The number of hydrogen-bond donors (Lipinski definition) is 1. The second kappa shape index (κ2) is 7.83. The van der Waals surface area contributed by atoms with Crippen molar-refractivity contribution in [1.29, 1.82) is 0 Å². The number of rotatable bonds is 7. The van der Waals surface area contributed by atoms with Crippen molar-refractivity contribution >= 4 is 14.4 Å². The van der Waals surface area contributed by atoms with Crippen LogP contribution in [0.3, 0.4) is 0 Å². The van der Waals surface area contributed by atoms with Crippen LogP contribution in [0.2, 0.25) is 18.1 Å². The quantitative estimate of drug-likeness (QED) is 0.769. The van der Waals surface area contributed by atoms with E-state index >= 15 is 0 Å². The van der Waals surface area contributed by atoms with Crippen LogP contribution in [-0.4, -0.2) is 34.2 Å². The zero-order valence-corrected chi connectivity index (χ0v) is 16.0. The molecule has 0 spiro atoms. The summed E-state index contributed by atoms with van der Waals surface area (Å²) >= 11 is 0. The van der Waals surface area contributed by atoms with Gasteiger partial charge in [-0.05, 0) is 35.8 Å². The van der Waals surface area contributed by atoms with E-state index < -0.39 is 14.4 Å². The summed E-state index contributed by atoms with van der Waals surface area (Å²) in [6.07, 6.45) is -0.329. The van der Waals surface area contributed by atoms with E-state index in [0.29, 0.717) is 6.42 Å². The van der Waals surface area contributed by atoms with Gasteiger partial charge in [0.15, 0.2) is 8.32 Å². The number of methoxy groups -OCH3 is 1. The van der Waals surface area contributed by atoms with E-state index in [1.807, 2.05) is 24.3 Å². The van der Waals surface area contributed by atoms with Crippen LogP contribution in [0.15, 0.2) is 24.3 Å². The van der Waals surface area contributed by atoms with Gasteiger partial charge in [0, 0.05) is 6.42 Å². The standard InChI is InChI=1S/C17H29NO4Si/c1-17(2,3)23(5,6)22-15(12-21-16(18)19)11-13-7-9-14(20-4)10-8-13/h7-10,15H,11-12H2,1-6H3,(H2,18,19)/t15-/m0/s1. The topological polar surface area (TPSA) is 70.8 Å². The Kier molecular flexibility index (Phi) is 6.65. The first-order valence-electron chi connectivity index (χ1n) is 7.78. The predicted octanol–water partition coefficient (Wildman–Crippen LogP) is 3.72. The van der Waals surface area contributed by atoms with Crippen LogP contribution < -0.4 is 10.5 Å². The number of carbonyl (C=O) groups excluding carboxylic acids is 1. The molecule has 2 N–H and O–H groups in total. The number of amides is 1. The molecule has 0 aliphatic heterocycles. The van der Waals surface area contributed by atoms with Gasteiger partial charge in [-0.2, -0.15) is 0 Å². The monoisotopic (exact) mass is 339 g/mol. The van der Waals surface area contributed by atoms with Gasteiger partial charge < -0.3 is 19.6 Å². The summed E-state index contributed by atoms with van der Waals surface area (Å²) in [5.74, 6) is 0.809. The lowest BCUT2D eigenvalue weighted by Gasteiger charge is -2.39. The minimum atomic E-state index is -1.97. The molecule has 1 atom stereocenters. The highest BCUT2D eigenvalue weighted by Crippen LogP contribution is 2.37. The van der Waals surface area contributed by atoms with Crippen LogP contribution in [0.1, 0.15) is 26.3 Å². The third kappa shape index (κ3) is 6.23. The second-order valence-corrected chi connectivity index (χ2v) is 11.9. The fourth-order valence-corrected chi connectivity index (χ4v) is 3.27. The van der Waals surface area contributed by atoms with Gasteiger partial charge in [-0.15, -0.1) is 0 Å². The van der Waals surface area contributed by atoms with Crippen LogP contribution in [-0.2, 0) is 15.6 Å². The van der Waals surface area contributed by atoms with Gasteiger partial charge in [0.2, 0.25) is 0 Å². The Hall–Kier alpha value is -1.53. The number of benzene rings is 1. The molecular weight excluding hydrogens is 310 g/mol. The Morgan fingerprint density at radius 3 is 2.22 bits per heavy atom. The van der Waals surface area contributed by atoms with Gasteiger partial charge >= 0.3 is 6.09 Å². The third-order valence-electron chi connectivity index (χ3n) is 4.30. The fraction of sp³-hybridized carbons (Fsp3) is 0.588. The molecule has 0 saturated carbocycles. The molecule has 5 nitrogen and oxygen atoms in total. The fourth-order valence-electron chi connectivity index (χ4n) is 1.93. The van der Waals surface area contributed by atoms with E-state index in [0.717, 1.165) is 11.3 Å². The van der Waals surface area contributed by atoms with Crippen LogP contribution in [0, 0.1) is 0 Å². The van der Waals surface area contributed by atoms with E-state index in [4.69, 9.17) is 19.6 Å². The van der Waals surface area contributed by atoms with Crippen molar-refractivity contribution in [2.45, 2.75) is 51.4 Å². The molecule has 1 rings (SSSR count). The average Bonchev–Trinajstić information content (AvgIpc) is 2.44. The number of ether oxygens (including phenoxy) is 2. The van der Waals surface area contributed by atoms with Gasteiger partial charge in [-0.25, -0.2) is 4.79 Å². The summed E-state index contributed by atoms with van der Waals surface area (Å²) in [5.41, 5.74) is 6.20. The van der Waals surface area contributed by atoms with E-state index in [-0.39, 0.29) is 17.7 Å². The molecule has 1 amide bonds. The number of nitrogens with two attached hydrogens (primary N) is 1. The SMILES string of the molecule is COc1ccc(C[C@@H](COC(N)=O)O[Si](C)(C)C(C)(C)C)cc1. The molecule has 0 unspecified atom stereocenters. The minimum absolute atomic E-state index is 0.0812. The van der Waals surface area contributed by atoms with Gasteiger partial charge in [0.25, 0.3) is 0 Å². The molecule has 130 valence electrons. The lowest BCUT2D eigenvalue weighted by Crippen LogP contribution is -2.46. The van der Waals surface area contributed by atoms with Crippen LogP contribution in [0.25, 0.3) is 0 Å². The zero-order chi connectivity index (χ0) is 17.7. The zero-order valence-electron chi connectivity index (χ0n) is 15.0. The van der Waals surface area contributed by atoms with Gasteiger partial charge in [0.1, 0.15) is 12.4 Å². The average molecular weight is 340 g/mol. The largest absolute Gasteiger partial charge is 0.497 e. The Morgan fingerprint density at radius 2 is 1.78 bits per heavy atom. The first-order valence-corrected chi connectivity index (χ1v) is 10.7. The van der Waals surface area contributed by atoms with Crippen molar-refractivity contribution in [3.05, 3.63) is 29.8 Å². The number of primary amides is 1. The first kappa shape index (κ1) is 19.5. The molecule has 0 aliphatic rings. The lowest BCUT2D eigenvalue weighted by molar-refractivity contribution is 0.0792. The summed E-state index contributed by atoms with van der Waals surface area (Å²) in [4.78, 5) is 10.9. The van der Waals surface area contributed by atoms with E-state index in [1.54, 1.807) is 7.11 Å². The van der Waals surface area contributed by atoms with Crippen molar-refractivity contribution < 1.29 is 18.7 Å². The van der Waals surface area contributed by atoms with E-state index in [2.05, 4.69) is 33.9 Å². The van der Waals surface area contributed by atoms with Gasteiger partial charge in [-0.1, -0.05) is 32.9 Å². The molecule has 0 heterocycles. The molecule has 0 aliphatic carbocycles. The molecular formula is C17H29NO4Si. The maximum absolute atomic E-state index is 10.9. The van der Waals surface area contributed by atoms with Crippen LogP contribution in [0.4, 0.5) is 4.79 Å². The van der Waals surface area contributed by atoms with E-state index in [1.165, 1.54) is 0 Å². The molecule has 23 heavy (non-hydrogen) atoms. The van der Waals surface area contributed by atoms with Crippen LogP contribution >= 0.6 is 0 Å². The Balaban J connectivity index is 2.84. The predicted molar refractivity (Wildman–Crippen MR) is 94.3 cm³/mol. The smallest absolute Gasteiger partial charge is 0.404 e. The maximum atomic E-state index is 10.9. The molecule has 0 bridgehead atoms. The number of hydrogen-bond acceptors (Lipinski definition) is 4. The highest BCUT2D eigenvalue weighted by Gasteiger charge is 2.39. The molecule has 0 fully saturated rings. The molecule has 6 heteroatoms. The number of carbonyl (C=O) groups is 1. The molecule has 0 radical (unpaired) electrons. The maximum Gasteiger partial charge on any atom is 0.404 e. The summed E-state index contributed by atoms with van der Waals surface area (Å²) in [6.45, 7) is 11.1. The van der Waals surface area contributed by atoms with Gasteiger partial charge in [0.05, 0.1) is 13.2 Å².